The lowest BCUT2D eigenvalue weighted by Crippen LogP contribution is -2.43. The van der Waals surface area contributed by atoms with E-state index in [-0.39, 0.29) is 12.5 Å². The van der Waals surface area contributed by atoms with Gasteiger partial charge in [-0.3, -0.25) is 4.79 Å². The Hall–Kier alpha value is -3.04. The summed E-state index contributed by atoms with van der Waals surface area (Å²) in [4.78, 5) is 23.8. The van der Waals surface area contributed by atoms with Gasteiger partial charge in [0.25, 0.3) is 0 Å². The first-order chi connectivity index (χ1) is 14.2. The van der Waals surface area contributed by atoms with Crippen molar-refractivity contribution in [2.24, 2.45) is 0 Å². The van der Waals surface area contributed by atoms with Crippen LogP contribution in [0.2, 0.25) is 0 Å². The topological polar surface area (TPSA) is 66.4 Å². The van der Waals surface area contributed by atoms with Gasteiger partial charge in [0.1, 0.15) is 6.04 Å². The van der Waals surface area contributed by atoms with Crippen molar-refractivity contribution in [2.75, 3.05) is 0 Å². The Kier molecular flexibility index (Phi) is 7.03. The Bertz CT molecular complexity index is 930. The van der Waals surface area contributed by atoms with Crippen LogP contribution in [0.15, 0.2) is 36.4 Å². The number of halogens is 6. The number of aryl methyl sites for hydroxylation is 2. The van der Waals surface area contributed by atoms with Crippen LogP contribution in [0.25, 0.3) is 0 Å². The van der Waals surface area contributed by atoms with Gasteiger partial charge in [-0.05, 0) is 54.3 Å². The molecule has 0 heterocycles. The summed E-state index contributed by atoms with van der Waals surface area (Å²) in [5.41, 5.74) is -1.38. The molecule has 0 radical (unpaired) electrons. The second-order valence-corrected chi connectivity index (χ2v) is 7.12. The largest absolute Gasteiger partial charge is 0.480 e. The van der Waals surface area contributed by atoms with Crippen LogP contribution < -0.4 is 5.32 Å². The van der Waals surface area contributed by atoms with Crippen LogP contribution in [0, 0.1) is 13.8 Å². The maximum absolute atomic E-state index is 13.0. The normalized spacial score (nSPS) is 13.0. The van der Waals surface area contributed by atoms with E-state index in [1.165, 1.54) is 0 Å². The molecule has 10 heteroatoms. The quantitative estimate of drug-likeness (QED) is 0.632. The molecule has 0 bridgehead atoms. The van der Waals surface area contributed by atoms with Crippen molar-refractivity contribution in [2.45, 2.75) is 45.1 Å². The smallest absolute Gasteiger partial charge is 0.416 e. The van der Waals surface area contributed by atoms with Gasteiger partial charge < -0.3 is 10.4 Å². The van der Waals surface area contributed by atoms with E-state index >= 15 is 0 Å². The van der Waals surface area contributed by atoms with Crippen molar-refractivity contribution in [3.63, 3.8) is 0 Å². The Labute approximate surface area is 173 Å². The van der Waals surface area contributed by atoms with Crippen molar-refractivity contribution in [3.8, 4) is 0 Å². The number of aliphatic carboxylic acids is 1. The molecule has 0 aliphatic rings. The van der Waals surface area contributed by atoms with E-state index in [2.05, 4.69) is 5.32 Å². The standard InChI is InChI=1S/C21H19F6NO3/c1-11-4-3-5-12(2)16(11)10-17(19(30)31)28-18(29)8-13-6-14(20(22,23)24)9-15(7-13)21(25,26)27/h3-7,9,17H,8,10H2,1-2H3,(H,28,29)(H,30,31)/t17-/m0/s1. The summed E-state index contributed by atoms with van der Waals surface area (Å²) in [6, 6.07) is 4.72. The molecule has 0 saturated heterocycles. The van der Waals surface area contributed by atoms with E-state index in [0.717, 1.165) is 11.1 Å². The Balaban J connectivity index is 2.26. The fraction of sp³-hybridized carbons (Fsp3) is 0.333. The third kappa shape index (κ3) is 6.47. The van der Waals surface area contributed by atoms with Crippen LogP contribution in [-0.4, -0.2) is 23.0 Å². The Morgan fingerprint density at radius 1 is 0.935 bits per heavy atom. The lowest BCUT2D eigenvalue weighted by Gasteiger charge is -2.18. The number of hydrogen-bond acceptors (Lipinski definition) is 2. The molecular formula is C21H19F6NO3. The van der Waals surface area contributed by atoms with Crippen LogP contribution >= 0.6 is 0 Å². The lowest BCUT2D eigenvalue weighted by molar-refractivity contribution is -0.143. The first kappa shape index (κ1) is 24.2. The van der Waals surface area contributed by atoms with E-state index in [1.54, 1.807) is 32.0 Å². The second kappa shape index (κ2) is 8.99. The molecule has 0 aliphatic heterocycles. The number of nitrogens with one attached hydrogen (secondary N) is 1. The molecule has 0 saturated carbocycles. The molecule has 1 amide bonds. The predicted molar refractivity (Wildman–Crippen MR) is 99.3 cm³/mol. The summed E-state index contributed by atoms with van der Waals surface area (Å²) in [6.07, 6.45) is -11.0. The number of carbonyl (C=O) groups excluding carboxylic acids is 1. The Morgan fingerprint density at radius 3 is 1.84 bits per heavy atom. The fourth-order valence-corrected chi connectivity index (χ4v) is 3.13. The highest BCUT2D eigenvalue weighted by molar-refractivity contribution is 5.85. The van der Waals surface area contributed by atoms with Crippen LogP contribution in [0.3, 0.4) is 0 Å². The van der Waals surface area contributed by atoms with E-state index < -0.39 is 53.4 Å². The molecule has 0 unspecified atom stereocenters. The predicted octanol–water partition coefficient (Wildman–Crippen LogP) is 4.70. The minimum Gasteiger partial charge on any atom is -0.480 e. The van der Waals surface area contributed by atoms with Crippen LogP contribution in [-0.2, 0) is 34.8 Å². The molecule has 0 aromatic heterocycles. The third-order valence-electron chi connectivity index (χ3n) is 4.70. The molecule has 0 spiro atoms. The summed E-state index contributed by atoms with van der Waals surface area (Å²) < 4.78 is 77.8. The first-order valence-corrected chi connectivity index (χ1v) is 9.04. The van der Waals surface area contributed by atoms with Gasteiger partial charge in [0, 0.05) is 6.42 Å². The molecule has 0 aliphatic carbocycles. The summed E-state index contributed by atoms with van der Waals surface area (Å²) >= 11 is 0. The molecule has 2 aromatic rings. The van der Waals surface area contributed by atoms with Crippen molar-refractivity contribution in [3.05, 3.63) is 69.8 Å². The zero-order chi connectivity index (χ0) is 23.6. The highest BCUT2D eigenvalue weighted by Gasteiger charge is 2.37. The van der Waals surface area contributed by atoms with Crippen molar-refractivity contribution in [1.29, 1.82) is 0 Å². The van der Waals surface area contributed by atoms with Crippen molar-refractivity contribution >= 4 is 11.9 Å². The Morgan fingerprint density at radius 2 is 1.42 bits per heavy atom. The van der Waals surface area contributed by atoms with Gasteiger partial charge in [0.15, 0.2) is 0 Å². The fourth-order valence-electron chi connectivity index (χ4n) is 3.13. The van der Waals surface area contributed by atoms with E-state index in [9.17, 15) is 41.0 Å². The summed E-state index contributed by atoms with van der Waals surface area (Å²) in [5, 5.41) is 11.6. The number of rotatable bonds is 6. The minimum atomic E-state index is -5.04. The average molecular weight is 447 g/mol. The summed E-state index contributed by atoms with van der Waals surface area (Å²) in [5.74, 6) is -2.39. The summed E-state index contributed by atoms with van der Waals surface area (Å²) in [6.45, 7) is 3.51. The number of amides is 1. The summed E-state index contributed by atoms with van der Waals surface area (Å²) in [7, 11) is 0. The van der Waals surface area contributed by atoms with E-state index in [0.29, 0.717) is 17.7 Å². The number of carboxylic acid groups (broad SMARTS) is 1. The van der Waals surface area contributed by atoms with E-state index in [1.807, 2.05) is 0 Å². The molecule has 168 valence electrons. The van der Waals surface area contributed by atoms with Gasteiger partial charge in [-0.2, -0.15) is 26.3 Å². The molecule has 2 aromatic carbocycles. The number of hydrogen-bond donors (Lipinski definition) is 2. The second-order valence-electron chi connectivity index (χ2n) is 7.12. The molecule has 4 nitrogen and oxygen atoms in total. The SMILES string of the molecule is Cc1cccc(C)c1C[C@H](NC(=O)Cc1cc(C(F)(F)F)cc(C(F)(F)F)c1)C(=O)O. The molecule has 31 heavy (non-hydrogen) atoms. The molecular weight excluding hydrogens is 428 g/mol. The van der Waals surface area contributed by atoms with Crippen molar-refractivity contribution < 1.29 is 41.0 Å². The van der Waals surface area contributed by atoms with Crippen molar-refractivity contribution in [1.82, 2.24) is 5.32 Å². The molecule has 2 N–H and O–H groups in total. The number of alkyl halides is 6. The zero-order valence-corrected chi connectivity index (χ0v) is 16.5. The minimum absolute atomic E-state index is 0.0393. The highest BCUT2D eigenvalue weighted by atomic mass is 19.4. The third-order valence-corrected chi connectivity index (χ3v) is 4.70. The number of carboxylic acids is 1. The monoisotopic (exact) mass is 447 g/mol. The van der Waals surface area contributed by atoms with Gasteiger partial charge in [-0.25, -0.2) is 4.79 Å². The van der Waals surface area contributed by atoms with Crippen LogP contribution in [0.4, 0.5) is 26.3 Å². The van der Waals surface area contributed by atoms with Gasteiger partial charge in [-0.15, -0.1) is 0 Å². The molecule has 0 fully saturated rings. The van der Waals surface area contributed by atoms with Gasteiger partial charge in [0.2, 0.25) is 5.91 Å². The van der Waals surface area contributed by atoms with Gasteiger partial charge in [-0.1, -0.05) is 18.2 Å². The maximum Gasteiger partial charge on any atom is 0.416 e. The van der Waals surface area contributed by atoms with Gasteiger partial charge >= 0.3 is 18.3 Å². The average Bonchev–Trinajstić information content (AvgIpc) is 2.62. The lowest BCUT2D eigenvalue weighted by atomic mass is 9.96. The molecule has 1 atom stereocenters. The maximum atomic E-state index is 13.0. The van der Waals surface area contributed by atoms with E-state index in [4.69, 9.17) is 0 Å². The van der Waals surface area contributed by atoms with Gasteiger partial charge in [0.05, 0.1) is 17.5 Å². The number of carbonyl (C=O) groups is 2. The first-order valence-electron chi connectivity index (χ1n) is 9.04. The zero-order valence-electron chi connectivity index (χ0n) is 16.5. The van der Waals surface area contributed by atoms with Crippen LogP contribution in [0.5, 0.6) is 0 Å². The highest BCUT2D eigenvalue weighted by Crippen LogP contribution is 2.36. The molecule has 2 rings (SSSR count). The van der Waals surface area contributed by atoms with Crippen LogP contribution in [0.1, 0.15) is 33.4 Å². The number of benzene rings is 2.